The summed E-state index contributed by atoms with van der Waals surface area (Å²) in [5, 5.41) is 3.73. The number of carbonyl (C=O) groups is 1. The maximum Gasteiger partial charge on any atom is 0.243 e. The van der Waals surface area contributed by atoms with Gasteiger partial charge in [0.05, 0.1) is 24.7 Å². The third kappa shape index (κ3) is 4.66. The molecule has 30 heavy (non-hydrogen) atoms. The Morgan fingerprint density at radius 1 is 1.10 bits per heavy atom. The molecule has 3 aromatic rings. The van der Waals surface area contributed by atoms with Gasteiger partial charge in [-0.15, -0.1) is 0 Å². The number of amides is 1. The molecule has 2 aromatic carbocycles. The van der Waals surface area contributed by atoms with Crippen LogP contribution in [-0.2, 0) is 27.8 Å². The highest BCUT2D eigenvalue weighted by Gasteiger charge is 2.21. The molecule has 0 aliphatic carbocycles. The van der Waals surface area contributed by atoms with E-state index in [0.717, 1.165) is 16.5 Å². The fourth-order valence-corrected chi connectivity index (χ4v) is 4.71. The van der Waals surface area contributed by atoms with Gasteiger partial charge in [0.15, 0.2) is 0 Å². The Balaban J connectivity index is 1.61. The van der Waals surface area contributed by atoms with Gasteiger partial charge in [0.2, 0.25) is 15.9 Å². The average molecular weight is 431 g/mol. The molecule has 0 bridgehead atoms. The van der Waals surface area contributed by atoms with Gasteiger partial charge in [0, 0.05) is 36.7 Å². The SMILES string of the molecule is CCN(CC)S(=O)(=O)c1ccc(CNC(=O)Cc2coc3cc(OC)ccc23)cc1. The first kappa shape index (κ1) is 21.9. The number of hydrogen-bond donors (Lipinski definition) is 1. The molecule has 0 fully saturated rings. The second kappa shape index (κ2) is 9.32. The normalized spacial score (nSPS) is 11.7. The molecule has 0 aliphatic heterocycles. The zero-order chi connectivity index (χ0) is 21.7. The Morgan fingerprint density at radius 2 is 1.80 bits per heavy atom. The molecule has 0 unspecified atom stereocenters. The van der Waals surface area contributed by atoms with Crippen molar-refractivity contribution < 1.29 is 22.4 Å². The molecule has 3 rings (SSSR count). The fourth-order valence-electron chi connectivity index (χ4n) is 3.26. The Labute approximate surface area is 176 Å². The van der Waals surface area contributed by atoms with Crippen LogP contribution < -0.4 is 10.1 Å². The van der Waals surface area contributed by atoms with Gasteiger partial charge in [-0.05, 0) is 29.8 Å². The molecule has 0 spiro atoms. The van der Waals surface area contributed by atoms with Gasteiger partial charge >= 0.3 is 0 Å². The number of benzene rings is 2. The molecular formula is C22H26N2O5S. The zero-order valence-electron chi connectivity index (χ0n) is 17.3. The second-order valence-corrected chi connectivity index (χ2v) is 8.75. The summed E-state index contributed by atoms with van der Waals surface area (Å²) in [6.07, 6.45) is 1.77. The molecule has 0 saturated heterocycles. The minimum Gasteiger partial charge on any atom is -0.497 e. The van der Waals surface area contributed by atoms with E-state index >= 15 is 0 Å². The van der Waals surface area contributed by atoms with E-state index in [2.05, 4.69) is 5.32 Å². The van der Waals surface area contributed by atoms with Crippen molar-refractivity contribution in [1.82, 2.24) is 9.62 Å². The first-order chi connectivity index (χ1) is 14.4. The molecule has 0 atom stereocenters. The number of nitrogens with one attached hydrogen (secondary N) is 1. The lowest BCUT2D eigenvalue weighted by Crippen LogP contribution is -2.30. The lowest BCUT2D eigenvalue weighted by atomic mass is 10.1. The molecule has 8 heteroatoms. The van der Waals surface area contributed by atoms with Crippen LogP contribution in [0.2, 0.25) is 0 Å². The minimum absolute atomic E-state index is 0.145. The number of sulfonamides is 1. The van der Waals surface area contributed by atoms with E-state index in [0.29, 0.717) is 31.0 Å². The summed E-state index contributed by atoms with van der Waals surface area (Å²) in [6, 6.07) is 12.1. The first-order valence-corrected chi connectivity index (χ1v) is 11.2. The molecule has 7 nitrogen and oxygen atoms in total. The van der Waals surface area contributed by atoms with E-state index in [4.69, 9.17) is 9.15 Å². The summed E-state index contributed by atoms with van der Waals surface area (Å²) in [6.45, 7) is 4.78. The zero-order valence-corrected chi connectivity index (χ0v) is 18.2. The van der Waals surface area contributed by atoms with E-state index in [1.54, 1.807) is 43.7 Å². The second-order valence-electron chi connectivity index (χ2n) is 6.81. The Morgan fingerprint density at radius 3 is 2.43 bits per heavy atom. The van der Waals surface area contributed by atoms with Crippen LogP contribution in [-0.4, -0.2) is 38.8 Å². The average Bonchev–Trinajstić information content (AvgIpc) is 3.15. The number of hydrogen-bond acceptors (Lipinski definition) is 5. The molecule has 1 N–H and O–H groups in total. The van der Waals surface area contributed by atoms with E-state index in [9.17, 15) is 13.2 Å². The smallest absolute Gasteiger partial charge is 0.243 e. The third-order valence-electron chi connectivity index (χ3n) is 4.97. The number of furan rings is 1. The van der Waals surface area contributed by atoms with E-state index in [1.807, 2.05) is 26.0 Å². The summed E-state index contributed by atoms with van der Waals surface area (Å²) < 4.78 is 37.2. The van der Waals surface area contributed by atoms with Crippen molar-refractivity contribution in [2.24, 2.45) is 0 Å². The molecule has 0 aliphatic rings. The number of fused-ring (bicyclic) bond motifs is 1. The standard InChI is InChI=1S/C22H26N2O5S/c1-4-24(5-2)30(26,27)19-9-6-16(7-10-19)14-23-22(25)12-17-15-29-21-13-18(28-3)8-11-20(17)21/h6-11,13,15H,4-5,12,14H2,1-3H3,(H,23,25). The molecular weight excluding hydrogens is 404 g/mol. The van der Waals surface area contributed by atoms with Crippen molar-refractivity contribution in [3.05, 3.63) is 59.9 Å². The molecule has 1 amide bonds. The predicted molar refractivity (Wildman–Crippen MR) is 115 cm³/mol. The number of rotatable bonds is 9. The highest BCUT2D eigenvalue weighted by Crippen LogP contribution is 2.26. The highest BCUT2D eigenvalue weighted by atomic mass is 32.2. The van der Waals surface area contributed by atoms with Crippen LogP contribution in [0.25, 0.3) is 11.0 Å². The van der Waals surface area contributed by atoms with Crippen LogP contribution in [0.15, 0.2) is 58.0 Å². The lowest BCUT2D eigenvalue weighted by molar-refractivity contribution is -0.120. The van der Waals surface area contributed by atoms with Gasteiger partial charge in [-0.2, -0.15) is 4.31 Å². The van der Waals surface area contributed by atoms with Crippen molar-refractivity contribution >= 4 is 26.9 Å². The maximum absolute atomic E-state index is 12.5. The summed E-state index contributed by atoms with van der Waals surface area (Å²) in [5.74, 6) is 0.549. The molecule has 1 heterocycles. The van der Waals surface area contributed by atoms with Gasteiger partial charge in [0.25, 0.3) is 0 Å². The number of methoxy groups -OCH3 is 1. The van der Waals surface area contributed by atoms with Crippen LogP contribution in [0.4, 0.5) is 0 Å². The minimum atomic E-state index is -3.48. The lowest BCUT2D eigenvalue weighted by Gasteiger charge is -2.18. The largest absolute Gasteiger partial charge is 0.497 e. The van der Waals surface area contributed by atoms with Crippen molar-refractivity contribution in [3.63, 3.8) is 0 Å². The molecule has 0 saturated carbocycles. The fraction of sp³-hybridized carbons (Fsp3) is 0.318. The van der Waals surface area contributed by atoms with Gasteiger partial charge in [-0.1, -0.05) is 26.0 Å². The van der Waals surface area contributed by atoms with Crippen molar-refractivity contribution in [1.29, 1.82) is 0 Å². The molecule has 0 radical (unpaired) electrons. The van der Waals surface area contributed by atoms with Crippen LogP contribution in [0, 0.1) is 0 Å². The van der Waals surface area contributed by atoms with Gasteiger partial charge in [-0.25, -0.2) is 8.42 Å². The van der Waals surface area contributed by atoms with Gasteiger partial charge < -0.3 is 14.5 Å². The van der Waals surface area contributed by atoms with E-state index in [1.165, 1.54) is 4.31 Å². The highest BCUT2D eigenvalue weighted by molar-refractivity contribution is 7.89. The summed E-state index contributed by atoms with van der Waals surface area (Å²) >= 11 is 0. The monoisotopic (exact) mass is 430 g/mol. The van der Waals surface area contributed by atoms with Crippen LogP contribution in [0.1, 0.15) is 25.0 Å². The Bertz CT molecular complexity index is 1120. The van der Waals surface area contributed by atoms with Crippen LogP contribution in [0.3, 0.4) is 0 Å². The maximum atomic E-state index is 12.5. The quantitative estimate of drug-likeness (QED) is 0.563. The third-order valence-corrected chi connectivity index (χ3v) is 7.03. The number of nitrogens with zero attached hydrogens (tertiary/aromatic N) is 1. The summed E-state index contributed by atoms with van der Waals surface area (Å²) in [7, 11) is -1.90. The van der Waals surface area contributed by atoms with Crippen molar-refractivity contribution in [2.45, 2.75) is 31.7 Å². The molecule has 160 valence electrons. The topological polar surface area (TPSA) is 88.9 Å². The molecule has 1 aromatic heterocycles. The number of ether oxygens (including phenoxy) is 1. The van der Waals surface area contributed by atoms with Gasteiger partial charge in [0.1, 0.15) is 11.3 Å². The summed E-state index contributed by atoms with van der Waals surface area (Å²) in [4.78, 5) is 12.6. The Kier molecular flexibility index (Phi) is 6.79. The van der Waals surface area contributed by atoms with Crippen molar-refractivity contribution in [2.75, 3.05) is 20.2 Å². The van der Waals surface area contributed by atoms with Crippen LogP contribution >= 0.6 is 0 Å². The first-order valence-electron chi connectivity index (χ1n) is 9.79. The van der Waals surface area contributed by atoms with Crippen molar-refractivity contribution in [3.8, 4) is 5.75 Å². The van der Waals surface area contributed by atoms with E-state index in [-0.39, 0.29) is 17.2 Å². The van der Waals surface area contributed by atoms with Crippen LogP contribution in [0.5, 0.6) is 5.75 Å². The van der Waals surface area contributed by atoms with Gasteiger partial charge in [-0.3, -0.25) is 4.79 Å². The van der Waals surface area contributed by atoms with E-state index < -0.39 is 10.0 Å². The Hall–Kier alpha value is -2.84. The predicted octanol–water partition coefficient (Wildman–Crippen LogP) is 3.33. The number of carbonyl (C=O) groups excluding carboxylic acids is 1. The summed E-state index contributed by atoms with van der Waals surface area (Å²) in [5.41, 5.74) is 2.29.